The third-order valence-corrected chi connectivity index (χ3v) is 6.75. The van der Waals surface area contributed by atoms with Crippen molar-refractivity contribution in [1.29, 1.82) is 0 Å². The second-order valence-electron chi connectivity index (χ2n) is 6.91. The van der Waals surface area contributed by atoms with Crippen LogP contribution in [0.1, 0.15) is 23.6 Å². The van der Waals surface area contributed by atoms with Crippen molar-refractivity contribution < 1.29 is 4.79 Å². The monoisotopic (exact) mass is 410 g/mol. The fraction of sp³-hybridized carbons (Fsp3) is 0.286. The van der Waals surface area contributed by atoms with Crippen molar-refractivity contribution in [3.05, 3.63) is 65.2 Å². The molecule has 0 unspecified atom stereocenters. The number of anilines is 2. The van der Waals surface area contributed by atoms with Crippen LogP contribution in [0.25, 0.3) is 0 Å². The van der Waals surface area contributed by atoms with Gasteiger partial charge in [0, 0.05) is 18.8 Å². The summed E-state index contributed by atoms with van der Waals surface area (Å²) in [6, 6.07) is 16.5. The molecule has 1 aromatic heterocycles. The van der Waals surface area contributed by atoms with Crippen LogP contribution in [0, 0.1) is 6.92 Å². The highest BCUT2D eigenvalue weighted by Crippen LogP contribution is 2.32. The van der Waals surface area contributed by atoms with Crippen molar-refractivity contribution in [3.63, 3.8) is 0 Å². The van der Waals surface area contributed by atoms with Crippen LogP contribution in [0.15, 0.2) is 52.9 Å². The van der Waals surface area contributed by atoms with Crippen LogP contribution in [0.3, 0.4) is 0 Å². The third kappa shape index (κ3) is 4.36. The molecule has 4 rings (SSSR count). The Kier molecular flexibility index (Phi) is 5.64. The van der Waals surface area contributed by atoms with Gasteiger partial charge in [0.15, 0.2) is 4.34 Å². The number of thioether (sulfide) groups is 1. The second-order valence-corrected chi connectivity index (χ2v) is 9.47. The van der Waals surface area contributed by atoms with Crippen molar-refractivity contribution in [2.45, 2.75) is 36.4 Å². The summed E-state index contributed by atoms with van der Waals surface area (Å²) in [5.74, 6) is 0.155. The van der Waals surface area contributed by atoms with Gasteiger partial charge in [-0.2, -0.15) is 0 Å². The van der Waals surface area contributed by atoms with Crippen LogP contribution >= 0.6 is 23.1 Å². The Hall–Kier alpha value is -2.38. The molecule has 5 nitrogen and oxygen atoms in total. The fourth-order valence-corrected chi connectivity index (χ4v) is 5.30. The van der Waals surface area contributed by atoms with Gasteiger partial charge in [-0.3, -0.25) is 4.79 Å². The number of hydrogen-bond donors (Lipinski definition) is 1. The summed E-state index contributed by atoms with van der Waals surface area (Å²) in [6.07, 6.45) is 0.919. The molecule has 3 aromatic rings. The summed E-state index contributed by atoms with van der Waals surface area (Å²) < 4.78 is 0.799. The molecule has 1 amide bonds. The number of aromatic nitrogens is 2. The van der Waals surface area contributed by atoms with Gasteiger partial charge in [-0.1, -0.05) is 59.5 Å². The smallest absolute Gasteiger partial charge is 0.236 e. The van der Waals surface area contributed by atoms with E-state index in [1.807, 2.05) is 30.0 Å². The number of nitrogens with zero attached hydrogens (tertiary/aromatic N) is 3. The molecule has 144 valence electrons. The van der Waals surface area contributed by atoms with Gasteiger partial charge in [-0.05, 0) is 49.1 Å². The van der Waals surface area contributed by atoms with Crippen LogP contribution < -0.4 is 5.32 Å². The van der Waals surface area contributed by atoms with Gasteiger partial charge in [0.05, 0.1) is 5.25 Å². The molecule has 28 heavy (non-hydrogen) atoms. The maximum atomic E-state index is 12.9. The number of carbonyl (C=O) groups excluding carboxylic acids is 1. The van der Waals surface area contributed by atoms with E-state index in [0.717, 1.165) is 28.1 Å². The largest absolute Gasteiger partial charge is 0.337 e. The van der Waals surface area contributed by atoms with Gasteiger partial charge >= 0.3 is 0 Å². The summed E-state index contributed by atoms with van der Waals surface area (Å²) in [6.45, 7) is 5.47. The highest BCUT2D eigenvalue weighted by molar-refractivity contribution is 8.02. The highest BCUT2D eigenvalue weighted by Gasteiger charge is 2.26. The first-order valence-corrected chi connectivity index (χ1v) is 11.0. The van der Waals surface area contributed by atoms with Crippen molar-refractivity contribution >= 4 is 39.8 Å². The van der Waals surface area contributed by atoms with Gasteiger partial charge in [0.2, 0.25) is 11.0 Å². The predicted molar refractivity (Wildman–Crippen MR) is 115 cm³/mol. The van der Waals surface area contributed by atoms with Crippen molar-refractivity contribution in [2.75, 3.05) is 11.9 Å². The Morgan fingerprint density at radius 3 is 2.82 bits per heavy atom. The molecule has 0 aliphatic carbocycles. The Morgan fingerprint density at radius 1 is 1.18 bits per heavy atom. The van der Waals surface area contributed by atoms with E-state index in [4.69, 9.17) is 0 Å². The zero-order chi connectivity index (χ0) is 19.5. The fourth-order valence-electron chi connectivity index (χ4n) is 3.30. The summed E-state index contributed by atoms with van der Waals surface area (Å²) in [5.41, 5.74) is 4.78. The van der Waals surface area contributed by atoms with Gasteiger partial charge in [-0.25, -0.2) is 0 Å². The lowest BCUT2D eigenvalue weighted by Gasteiger charge is -2.30. The molecule has 1 aliphatic heterocycles. The first-order valence-electron chi connectivity index (χ1n) is 9.28. The third-order valence-electron chi connectivity index (χ3n) is 4.74. The lowest BCUT2D eigenvalue weighted by Crippen LogP contribution is -2.40. The molecule has 2 heterocycles. The number of benzene rings is 2. The van der Waals surface area contributed by atoms with E-state index in [2.05, 4.69) is 52.8 Å². The topological polar surface area (TPSA) is 58.1 Å². The van der Waals surface area contributed by atoms with E-state index in [-0.39, 0.29) is 11.2 Å². The van der Waals surface area contributed by atoms with Crippen LogP contribution in [0.4, 0.5) is 10.8 Å². The molecular weight excluding hydrogens is 388 g/mol. The van der Waals surface area contributed by atoms with Crippen molar-refractivity contribution in [3.8, 4) is 0 Å². The van der Waals surface area contributed by atoms with E-state index in [9.17, 15) is 4.79 Å². The molecular formula is C21H22N4OS2. The van der Waals surface area contributed by atoms with Crippen molar-refractivity contribution in [2.24, 2.45) is 0 Å². The molecule has 2 aromatic carbocycles. The Bertz CT molecular complexity index is 988. The molecule has 1 aliphatic rings. The standard InChI is InChI=1S/C21H22N4OS2/c1-14-6-5-9-18(12-14)22-20-23-24-21(28-20)27-15(2)19(26)25-11-10-16-7-3-4-8-17(16)13-25/h3-9,12,15H,10-11,13H2,1-2H3,(H,22,23)/t15-/m0/s1. The lowest BCUT2D eigenvalue weighted by molar-refractivity contribution is -0.131. The zero-order valence-electron chi connectivity index (χ0n) is 15.9. The SMILES string of the molecule is Cc1cccc(Nc2nnc(S[C@@H](C)C(=O)N3CCc4ccccc4C3)s2)c1. The number of amides is 1. The number of hydrogen-bond acceptors (Lipinski definition) is 6. The van der Waals surface area contributed by atoms with Crippen LogP contribution in [0.2, 0.25) is 0 Å². The summed E-state index contributed by atoms with van der Waals surface area (Å²) >= 11 is 2.95. The summed E-state index contributed by atoms with van der Waals surface area (Å²) in [7, 11) is 0. The maximum absolute atomic E-state index is 12.9. The van der Waals surface area contributed by atoms with Crippen molar-refractivity contribution in [1.82, 2.24) is 15.1 Å². The van der Waals surface area contributed by atoms with Gasteiger partial charge < -0.3 is 10.2 Å². The van der Waals surface area contributed by atoms with E-state index in [1.54, 1.807) is 0 Å². The summed E-state index contributed by atoms with van der Waals surface area (Å²) in [5, 5.41) is 12.3. The minimum absolute atomic E-state index is 0.155. The van der Waals surface area contributed by atoms with E-state index < -0.39 is 0 Å². The van der Waals surface area contributed by atoms with E-state index >= 15 is 0 Å². The molecule has 0 saturated carbocycles. The molecule has 1 N–H and O–H groups in total. The minimum Gasteiger partial charge on any atom is -0.337 e. The molecule has 0 fully saturated rings. The average Bonchev–Trinajstić information content (AvgIpc) is 3.13. The highest BCUT2D eigenvalue weighted by atomic mass is 32.2. The van der Waals surface area contributed by atoms with Crippen LogP contribution in [-0.2, 0) is 17.8 Å². The molecule has 1 atom stereocenters. The first kappa shape index (κ1) is 19.0. The Morgan fingerprint density at radius 2 is 2.00 bits per heavy atom. The van der Waals surface area contributed by atoms with E-state index in [1.165, 1.54) is 39.8 Å². The maximum Gasteiger partial charge on any atom is 0.236 e. The van der Waals surface area contributed by atoms with Crippen LogP contribution in [0.5, 0.6) is 0 Å². The molecule has 0 radical (unpaired) electrons. The normalized spacial score (nSPS) is 14.4. The number of carbonyl (C=O) groups is 1. The molecule has 7 heteroatoms. The summed E-state index contributed by atoms with van der Waals surface area (Å²) in [4.78, 5) is 14.8. The molecule has 0 spiro atoms. The Labute approximate surface area is 173 Å². The van der Waals surface area contributed by atoms with E-state index in [0.29, 0.717) is 6.54 Å². The molecule has 0 bridgehead atoms. The average molecular weight is 411 g/mol. The van der Waals surface area contributed by atoms with Gasteiger partial charge in [-0.15, -0.1) is 10.2 Å². The minimum atomic E-state index is -0.190. The zero-order valence-corrected chi connectivity index (χ0v) is 17.5. The Balaban J connectivity index is 1.37. The second kappa shape index (κ2) is 8.32. The lowest BCUT2D eigenvalue weighted by atomic mass is 10.00. The quantitative estimate of drug-likeness (QED) is 0.620. The molecule has 0 saturated heterocycles. The van der Waals surface area contributed by atoms with Crippen LogP contribution in [-0.4, -0.2) is 32.8 Å². The first-order chi connectivity index (χ1) is 13.6. The number of nitrogens with one attached hydrogen (secondary N) is 1. The van der Waals surface area contributed by atoms with Gasteiger partial charge in [0.25, 0.3) is 0 Å². The number of aryl methyl sites for hydroxylation is 1. The van der Waals surface area contributed by atoms with Gasteiger partial charge in [0.1, 0.15) is 0 Å². The predicted octanol–water partition coefficient (Wildman–Crippen LogP) is 4.66. The number of fused-ring (bicyclic) bond motifs is 1. The number of rotatable bonds is 5.